The molecule has 0 saturated carbocycles. The Labute approximate surface area is 115 Å². The number of ether oxygens (including phenoxy) is 4. The number of carbonyl (C=O) groups excluding carboxylic acids is 3. The average molecular weight is 283 g/mol. The first-order valence-electron chi connectivity index (χ1n) is 5.22. The van der Waals surface area contributed by atoms with E-state index in [2.05, 4.69) is 36.1 Å². The van der Waals surface area contributed by atoms with Gasteiger partial charge in [-0.25, -0.2) is 14.4 Å². The molecule has 1 unspecified atom stereocenters. The fourth-order valence-electron chi connectivity index (χ4n) is 0.896. The number of hydrogen-bond donors (Lipinski definition) is 1. The second-order valence-corrected chi connectivity index (χ2v) is 3.05. The van der Waals surface area contributed by atoms with Crippen molar-refractivity contribution in [2.75, 3.05) is 26.9 Å². The van der Waals surface area contributed by atoms with Gasteiger partial charge in [-0.3, -0.25) is 0 Å². The molecule has 0 aromatic rings. The highest BCUT2D eigenvalue weighted by Gasteiger charge is 2.24. The van der Waals surface area contributed by atoms with Crippen molar-refractivity contribution in [2.45, 2.75) is 6.04 Å². The van der Waals surface area contributed by atoms with Gasteiger partial charge >= 0.3 is 18.2 Å². The van der Waals surface area contributed by atoms with Crippen LogP contribution in [0.15, 0.2) is 0 Å². The van der Waals surface area contributed by atoms with E-state index in [4.69, 9.17) is 12.8 Å². The molecule has 0 saturated heterocycles. The molecule has 0 rings (SSSR count). The Bertz CT molecular complexity index is 432. The van der Waals surface area contributed by atoms with Gasteiger partial charge in [0.15, 0.2) is 19.3 Å². The summed E-state index contributed by atoms with van der Waals surface area (Å²) in [6.45, 7) is -1.06. The van der Waals surface area contributed by atoms with Gasteiger partial charge in [0.1, 0.15) is 6.61 Å². The van der Waals surface area contributed by atoms with Crippen LogP contribution in [0.5, 0.6) is 0 Å². The first-order chi connectivity index (χ1) is 9.54. The van der Waals surface area contributed by atoms with Gasteiger partial charge in [-0.05, 0) is 0 Å². The topological polar surface area (TPSA) is 100 Å². The fraction of sp³-hybridized carbons (Fsp3) is 0.417. The maximum atomic E-state index is 11.4. The van der Waals surface area contributed by atoms with E-state index in [-0.39, 0.29) is 13.2 Å². The SMILES string of the molecule is C#CCOC(=O)NC(COC(=O)OCC#C)C(=O)OC. The number of methoxy groups -OCH3 is 1. The molecule has 0 aliphatic rings. The van der Waals surface area contributed by atoms with E-state index in [0.717, 1.165) is 7.11 Å². The van der Waals surface area contributed by atoms with Gasteiger partial charge < -0.3 is 24.3 Å². The van der Waals surface area contributed by atoms with Crippen LogP contribution in [0.2, 0.25) is 0 Å². The molecule has 0 aliphatic carbocycles. The molecule has 8 heteroatoms. The van der Waals surface area contributed by atoms with Gasteiger partial charge in [0.2, 0.25) is 0 Å². The number of alkyl carbamates (subject to hydrolysis) is 1. The minimum atomic E-state index is -1.26. The molecule has 20 heavy (non-hydrogen) atoms. The van der Waals surface area contributed by atoms with E-state index < -0.39 is 30.9 Å². The molecule has 0 radical (unpaired) electrons. The van der Waals surface area contributed by atoms with E-state index in [1.807, 2.05) is 0 Å². The molecule has 108 valence electrons. The average Bonchev–Trinajstić information content (AvgIpc) is 2.46. The van der Waals surface area contributed by atoms with Crippen LogP contribution in [0.1, 0.15) is 0 Å². The molecular formula is C12H13NO7. The smallest absolute Gasteiger partial charge is 0.467 e. The molecule has 0 spiro atoms. The van der Waals surface area contributed by atoms with Crippen LogP contribution in [0, 0.1) is 24.7 Å². The third kappa shape index (κ3) is 7.45. The molecule has 0 heterocycles. The first kappa shape index (κ1) is 17.1. The maximum Gasteiger partial charge on any atom is 0.509 e. The normalized spacial score (nSPS) is 10.2. The Morgan fingerprint density at radius 3 is 2.25 bits per heavy atom. The van der Waals surface area contributed by atoms with Crippen molar-refractivity contribution in [3.63, 3.8) is 0 Å². The van der Waals surface area contributed by atoms with Gasteiger partial charge in [0, 0.05) is 0 Å². The largest absolute Gasteiger partial charge is 0.509 e. The summed E-state index contributed by atoms with van der Waals surface area (Å²) in [6, 6.07) is -1.26. The summed E-state index contributed by atoms with van der Waals surface area (Å²) in [5.74, 6) is 3.28. The summed E-state index contributed by atoms with van der Waals surface area (Å²) in [7, 11) is 1.10. The van der Waals surface area contributed by atoms with Crippen molar-refractivity contribution < 1.29 is 33.3 Å². The summed E-state index contributed by atoms with van der Waals surface area (Å²) in [6.07, 6.45) is 7.71. The van der Waals surface area contributed by atoms with Crippen LogP contribution in [-0.4, -0.2) is 51.2 Å². The Morgan fingerprint density at radius 2 is 1.70 bits per heavy atom. The van der Waals surface area contributed by atoms with E-state index in [1.165, 1.54) is 0 Å². The van der Waals surface area contributed by atoms with E-state index >= 15 is 0 Å². The lowest BCUT2D eigenvalue weighted by Crippen LogP contribution is -2.45. The van der Waals surface area contributed by atoms with Crippen LogP contribution < -0.4 is 5.32 Å². The molecule has 0 aromatic carbocycles. The number of rotatable bonds is 6. The van der Waals surface area contributed by atoms with E-state index in [0.29, 0.717) is 0 Å². The monoisotopic (exact) mass is 283 g/mol. The number of esters is 1. The van der Waals surface area contributed by atoms with Crippen LogP contribution in [0.4, 0.5) is 9.59 Å². The van der Waals surface area contributed by atoms with Crippen LogP contribution >= 0.6 is 0 Å². The van der Waals surface area contributed by atoms with Gasteiger partial charge in [-0.2, -0.15) is 0 Å². The lowest BCUT2D eigenvalue weighted by molar-refractivity contribution is -0.144. The number of hydrogen-bond acceptors (Lipinski definition) is 7. The van der Waals surface area contributed by atoms with Crippen molar-refractivity contribution in [1.82, 2.24) is 5.32 Å². The zero-order valence-electron chi connectivity index (χ0n) is 10.7. The lowest BCUT2D eigenvalue weighted by Gasteiger charge is -2.15. The highest BCUT2D eigenvalue weighted by Crippen LogP contribution is 1.94. The molecule has 0 aromatic heterocycles. The van der Waals surface area contributed by atoms with Crippen molar-refractivity contribution in [2.24, 2.45) is 0 Å². The molecule has 1 amide bonds. The second kappa shape index (κ2) is 10.1. The molecule has 0 aliphatic heterocycles. The molecule has 1 atom stereocenters. The third-order valence-electron chi connectivity index (χ3n) is 1.71. The summed E-state index contributed by atoms with van der Waals surface area (Å²) in [4.78, 5) is 33.6. The maximum absolute atomic E-state index is 11.4. The van der Waals surface area contributed by atoms with Gasteiger partial charge in [0.05, 0.1) is 7.11 Å². The molecule has 1 N–H and O–H groups in total. The van der Waals surface area contributed by atoms with Crippen molar-refractivity contribution >= 4 is 18.2 Å². The first-order valence-corrected chi connectivity index (χ1v) is 5.22. The molecule has 0 bridgehead atoms. The Kier molecular flexibility index (Phi) is 8.64. The van der Waals surface area contributed by atoms with Gasteiger partial charge in [-0.1, -0.05) is 11.8 Å². The summed E-state index contributed by atoms with van der Waals surface area (Å²) in [5, 5.41) is 2.11. The standard InChI is InChI=1S/C12H13NO7/c1-4-6-18-11(15)13-9(10(14)17-3)8-20-12(16)19-7-5-2/h1-2,9H,6-8H2,3H3,(H,13,15). The number of terminal acetylenes is 2. The second-order valence-electron chi connectivity index (χ2n) is 3.05. The van der Waals surface area contributed by atoms with Gasteiger partial charge in [0.25, 0.3) is 0 Å². The Hall–Kier alpha value is -2.87. The molecular weight excluding hydrogens is 270 g/mol. The van der Waals surface area contributed by atoms with E-state index in [1.54, 1.807) is 0 Å². The summed E-state index contributed by atoms with van der Waals surface area (Å²) < 4.78 is 17.9. The Morgan fingerprint density at radius 1 is 1.10 bits per heavy atom. The highest BCUT2D eigenvalue weighted by molar-refractivity contribution is 5.81. The summed E-state index contributed by atoms with van der Waals surface area (Å²) in [5.41, 5.74) is 0. The highest BCUT2D eigenvalue weighted by atomic mass is 16.7. The summed E-state index contributed by atoms with van der Waals surface area (Å²) >= 11 is 0. The lowest BCUT2D eigenvalue weighted by atomic mass is 10.3. The Balaban J connectivity index is 4.33. The predicted octanol–water partition coefficient (Wildman–Crippen LogP) is -0.326. The minimum Gasteiger partial charge on any atom is -0.467 e. The minimum absolute atomic E-state index is 0.273. The predicted molar refractivity (Wildman–Crippen MR) is 65.3 cm³/mol. The van der Waals surface area contributed by atoms with Crippen LogP contribution in [0.3, 0.4) is 0 Å². The third-order valence-corrected chi connectivity index (χ3v) is 1.71. The molecule has 8 nitrogen and oxygen atoms in total. The number of carbonyl (C=O) groups is 3. The zero-order valence-corrected chi connectivity index (χ0v) is 10.7. The zero-order chi connectivity index (χ0) is 15.4. The number of amides is 1. The fourth-order valence-corrected chi connectivity index (χ4v) is 0.896. The quantitative estimate of drug-likeness (QED) is 0.405. The van der Waals surface area contributed by atoms with Crippen molar-refractivity contribution in [1.29, 1.82) is 0 Å². The van der Waals surface area contributed by atoms with Crippen molar-refractivity contribution in [3.05, 3.63) is 0 Å². The van der Waals surface area contributed by atoms with Crippen LogP contribution in [0.25, 0.3) is 0 Å². The van der Waals surface area contributed by atoms with Gasteiger partial charge in [-0.15, -0.1) is 12.8 Å². The van der Waals surface area contributed by atoms with E-state index in [9.17, 15) is 14.4 Å². The van der Waals surface area contributed by atoms with Crippen LogP contribution in [-0.2, 0) is 23.7 Å². The van der Waals surface area contributed by atoms with Crippen molar-refractivity contribution in [3.8, 4) is 24.7 Å². The number of nitrogens with one attached hydrogen (secondary N) is 1. The molecule has 0 fully saturated rings.